The summed E-state index contributed by atoms with van der Waals surface area (Å²) in [5, 5.41) is 12.8. The number of thioether (sulfide) groups is 1. The van der Waals surface area contributed by atoms with Crippen LogP contribution in [0.4, 0.5) is 0 Å². The predicted molar refractivity (Wildman–Crippen MR) is 247 cm³/mol. The van der Waals surface area contributed by atoms with Gasteiger partial charge >= 0.3 is 0 Å². The molecule has 3 aliphatic rings. The molecule has 0 N–H and O–H groups in total. The van der Waals surface area contributed by atoms with E-state index in [4.69, 9.17) is 0 Å². The molecule has 264 valence electrons. The summed E-state index contributed by atoms with van der Waals surface area (Å²) in [4.78, 5) is 1.25. The van der Waals surface area contributed by atoms with Gasteiger partial charge in [0, 0.05) is 25.1 Å². The van der Waals surface area contributed by atoms with Crippen LogP contribution in [0.1, 0.15) is 27.8 Å². The van der Waals surface area contributed by atoms with E-state index in [1.807, 2.05) is 11.3 Å². The van der Waals surface area contributed by atoms with Crippen LogP contribution < -0.4 is 0 Å². The highest BCUT2D eigenvalue weighted by Crippen LogP contribution is 2.64. The summed E-state index contributed by atoms with van der Waals surface area (Å²) in [6.07, 6.45) is 6.33. The summed E-state index contributed by atoms with van der Waals surface area (Å²) in [6.45, 7) is 4.49. The fourth-order valence-electron chi connectivity index (χ4n) is 10.6. The van der Waals surface area contributed by atoms with Crippen molar-refractivity contribution < 1.29 is 0 Å². The number of fused-ring (bicyclic) bond motifs is 14. The van der Waals surface area contributed by atoms with Gasteiger partial charge < -0.3 is 0 Å². The van der Waals surface area contributed by atoms with Crippen LogP contribution in [0, 0.1) is 0 Å². The van der Waals surface area contributed by atoms with Crippen LogP contribution in [0.25, 0.3) is 91.4 Å². The van der Waals surface area contributed by atoms with Crippen molar-refractivity contribution in [2.24, 2.45) is 0 Å². The lowest BCUT2D eigenvalue weighted by Crippen LogP contribution is -2.26. The summed E-state index contributed by atoms with van der Waals surface area (Å²) >= 11 is 3.70. The molecular formula is C55H32S2. The van der Waals surface area contributed by atoms with Gasteiger partial charge in [0.2, 0.25) is 0 Å². The van der Waals surface area contributed by atoms with Crippen LogP contribution in [0.3, 0.4) is 0 Å². The van der Waals surface area contributed by atoms with Crippen molar-refractivity contribution in [2.45, 2.75) is 10.3 Å². The maximum Gasteiger partial charge on any atom is 0.0726 e. The maximum atomic E-state index is 4.49. The zero-order valence-corrected chi connectivity index (χ0v) is 32.5. The monoisotopic (exact) mass is 756 g/mol. The molecule has 1 aromatic heterocycles. The molecule has 1 spiro atoms. The number of hydrogen-bond donors (Lipinski definition) is 0. The van der Waals surface area contributed by atoms with Crippen molar-refractivity contribution in [3.63, 3.8) is 0 Å². The second-order valence-corrected chi connectivity index (χ2v) is 17.5. The molecule has 2 heterocycles. The number of rotatable bonds is 2. The van der Waals surface area contributed by atoms with E-state index in [0.717, 1.165) is 5.57 Å². The number of allylic oxidation sites excluding steroid dienone is 4. The fourth-order valence-corrected chi connectivity index (χ4v) is 12.8. The van der Waals surface area contributed by atoms with Gasteiger partial charge in [0.05, 0.1) is 5.41 Å². The highest BCUT2D eigenvalue weighted by atomic mass is 32.2. The van der Waals surface area contributed by atoms with Gasteiger partial charge in [0.15, 0.2) is 0 Å². The Kier molecular flexibility index (Phi) is 6.43. The predicted octanol–water partition coefficient (Wildman–Crippen LogP) is 15.7. The summed E-state index contributed by atoms with van der Waals surface area (Å²) in [5.41, 5.74) is 14.9. The van der Waals surface area contributed by atoms with Crippen molar-refractivity contribution in [1.29, 1.82) is 0 Å². The van der Waals surface area contributed by atoms with Crippen LogP contribution in [0.15, 0.2) is 193 Å². The minimum Gasteiger partial charge on any atom is -0.135 e. The first-order chi connectivity index (χ1) is 28.2. The van der Waals surface area contributed by atoms with Crippen LogP contribution in [-0.4, -0.2) is 0 Å². The molecule has 0 radical (unpaired) electrons. The second kappa shape index (κ2) is 11.6. The second-order valence-electron chi connectivity index (χ2n) is 15.6. The quantitative estimate of drug-likeness (QED) is 0.158. The maximum absolute atomic E-state index is 4.49. The lowest BCUT2D eigenvalue weighted by atomic mass is 9.69. The molecule has 2 heteroatoms. The van der Waals surface area contributed by atoms with E-state index < -0.39 is 5.41 Å². The molecule has 0 fully saturated rings. The Balaban J connectivity index is 1.22. The average Bonchev–Trinajstić information content (AvgIpc) is 3.89. The van der Waals surface area contributed by atoms with Crippen molar-refractivity contribution in [2.75, 3.05) is 0 Å². The third-order valence-corrected chi connectivity index (χ3v) is 15.0. The van der Waals surface area contributed by atoms with Crippen LogP contribution >= 0.6 is 23.1 Å². The lowest BCUT2D eigenvalue weighted by Gasteiger charge is -2.31. The van der Waals surface area contributed by atoms with Crippen molar-refractivity contribution in [1.82, 2.24) is 0 Å². The van der Waals surface area contributed by atoms with Crippen LogP contribution in [-0.2, 0) is 5.41 Å². The largest absolute Gasteiger partial charge is 0.135 e. The first-order valence-corrected chi connectivity index (χ1v) is 21.3. The zero-order valence-electron chi connectivity index (χ0n) is 30.8. The van der Waals surface area contributed by atoms with E-state index in [9.17, 15) is 0 Å². The summed E-state index contributed by atoms with van der Waals surface area (Å²) in [5.74, 6) is 0. The molecule has 0 saturated heterocycles. The smallest absolute Gasteiger partial charge is 0.0726 e. The van der Waals surface area contributed by atoms with E-state index in [1.165, 1.54) is 119 Å². The Hall–Kier alpha value is -6.45. The molecule has 0 bridgehead atoms. The first kappa shape index (κ1) is 31.7. The highest BCUT2D eigenvalue weighted by Gasteiger charge is 2.51. The van der Waals surface area contributed by atoms with Gasteiger partial charge in [-0.25, -0.2) is 0 Å². The van der Waals surface area contributed by atoms with Gasteiger partial charge in [-0.3, -0.25) is 0 Å². The van der Waals surface area contributed by atoms with E-state index >= 15 is 0 Å². The minimum atomic E-state index is -0.508. The molecular weight excluding hydrogens is 725 g/mol. The third kappa shape index (κ3) is 4.09. The van der Waals surface area contributed by atoms with E-state index in [1.54, 1.807) is 11.8 Å². The lowest BCUT2D eigenvalue weighted by molar-refractivity contribution is 0.797. The molecule has 13 rings (SSSR count). The minimum absolute atomic E-state index is 0.508. The Morgan fingerprint density at radius 2 is 0.965 bits per heavy atom. The van der Waals surface area contributed by atoms with E-state index in [-0.39, 0.29) is 0 Å². The van der Waals surface area contributed by atoms with Gasteiger partial charge in [0.1, 0.15) is 0 Å². The Labute approximate surface area is 338 Å². The molecule has 9 aromatic carbocycles. The topological polar surface area (TPSA) is 0 Å². The molecule has 0 atom stereocenters. The Morgan fingerprint density at radius 3 is 1.68 bits per heavy atom. The molecule has 10 aromatic rings. The summed E-state index contributed by atoms with van der Waals surface area (Å²) in [7, 11) is 0. The third-order valence-electron chi connectivity index (χ3n) is 12.9. The standard InChI is InChI=1S/C55H32S2/c1-32-14-10-11-27-56-53-35(32)20-12-21-36(53)33-28-44-38-15-2-3-16-39(38)45-29-34(37-22-13-23-43-42-19-6-9-26-50(42)57-54(37)43)31-49-52(45)51(44)48(30-33)55(49)46-24-7-4-17-40(46)41-18-5-8-25-47(41)55/h2-31H,1H2/b14-10-,27-11-. The molecule has 1 aliphatic heterocycles. The Morgan fingerprint density at radius 1 is 0.421 bits per heavy atom. The summed E-state index contributed by atoms with van der Waals surface area (Å²) in [6, 6.07) is 60.1. The normalized spacial score (nSPS) is 15.8. The first-order valence-electron chi connectivity index (χ1n) is 19.6. The van der Waals surface area contributed by atoms with Crippen molar-refractivity contribution in [3.05, 3.63) is 216 Å². The number of hydrogen-bond acceptors (Lipinski definition) is 2. The van der Waals surface area contributed by atoms with Crippen LogP contribution in [0.2, 0.25) is 0 Å². The van der Waals surface area contributed by atoms with Gasteiger partial charge in [-0.2, -0.15) is 0 Å². The molecule has 0 saturated carbocycles. The highest BCUT2D eigenvalue weighted by molar-refractivity contribution is 8.02. The van der Waals surface area contributed by atoms with Gasteiger partial charge in [-0.1, -0.05) is 164 Å². The van der Waals surface area contributed by atoms with Gasteiger partial charge in [-0.05, 0) is 135 Å². The molecule has 0 amide bonds. The average molecular weight is 757 g/mol. The number of thiophene rings is 1. The van der Waals surface area contributed by atoms with Crippen molar-refractivity contribution in [3.8, 4) is 33.4 Å². The molecule has 0 unspecified atom stereocenters. The zero-order chi connectivity index (χ0) is 37.4. The summed E-state index contributed by atoms with van der Waals surface area (Å²) < 4.78 is 2.67. The molecule has 57 heavy (non-hydrogen) atoms. The SMILES string of the molecule is C=C1/C=C\C=C/Sc2c1cccc2-c1cc2c3c(c1)c1ccccc1c1cc(-c4cccc5c4sc4ccccc45)cc(c13)C21c2ccccc2-c2ccccc21. The molecule has 2 aliphatic carbocycles. The fraction of sp³-hybridized carbons (Fsp3) is 0.0182. The van der Waals surface area contributed by atoms with Gasteiger partial charge in [0.25, 0.3) is 0 Å². The van der Waals surface area contributed by atoms with Crippen molar-refractivity contribution >= 4 is 81.2 Å². The Bertz CT molecular complexity index is 3470. The number of benzene rings is 9. The van der Waals surface area contributed by atoms with E-state index in [0.29, 0.717) is 0 Å². The van der Waals surface area contributed by atoms with Crippen LogP contribution in [0.5, 0.6) is 0 Å². The molecule has 0 nitrogen and oxygen atoms in total. The van der Waals surface area contributed by atoms with E-state index in [2.05, 4.69) is 188 Å². The van der Waals surface area contributed by atoms with Gasteiger partial charge in [-0.15, -0.1) is 11.3 Å².